The van der Waals surface area contributed by atoms with Crippen LogP contribution >= 0.6 is 22.9 Å². The van der Waals surface area contributed by atoms with Crippen LogP contribution in [0.2, 0.25) is 5.02 Å². The quantitative estimate of drug-likeness (QED) is 0.890. The summed E-state index contributed by atoms with van der Waals surface area (Å²) in [4.78, 5) is 1.18. The number of hydrogen-bond donors (Lipinski definition) is 1. The maximum atomic E-state index is 11.9. The van der Waals surface area contributed by atoms with E-state index in [0.29, 0.717) is 11.6 Å². The van der Waals surface area contributed by atoms with E-state index in [-0.39, 0.29) is 5.75 Å². The van der Waals surface area contributed by atoms with Gasteiger partial charge in [-0.15, -0.1) is 11.3 Å². The minimum absolute atomic E-state index is 0.0192. The zero-order valence-corrected chi connectivity index (χ0v) is 12.6. The molecule has 0 unspecified atom stereocenters. The van der Waals surface area contributed by atoms with E-state index >= 15 is 0 Å². The summed E-state index contributed by atoms with van der Waals surface area (Å²) < 4.78 is 26.4. The second-order valence-corrected chi connectivity index (χ2v) is 7.38. The van der Waals surface area contributed by atoms with E-state index in [2.05, 4.69) is 4.72 Å². The lowest BCUT2D eigenvalue weighted by Gasteiger charge is -2.06. The fourth-order valence-electron chi connectivity index (χ4n) is 1.64. The van der Waals surface area contributed by atoms with E-state index in [1.165, 1.54) is 4.88 Å². The molecule has 1 aromatic carbocycles. The average molecular weight is 316 g/mol. The number of hydrogen-bond acceptors (Lipinski definition) is 3. The molecule has 0 saturated carbocycles. The molecule has 0 fully saturated rings. The van der Waals surface area contributed by atoms with Crippen molar-refractivity contribution >= 4 is 33.0 Å². The highest BCUT2D eigenvalue weighted by molar-refractivity contribution is 7.88. The van der Waals surface area contributed by atoms with Crippen molar-refractivity contribution in [2.45, 2.75) is 12.2 Å². The summed E-state index contributed by atoms with van der Waals surface area (Å²) in [6.07, 6.45) is 0.720. The van der Waals surface area contributed by atoms with Crippen molar-refractivity contribution in [2.24, 2.45) is 0 Å². The zero-order chi connectivity index (χ0) is 13.7. The Morgan fingerprint density at radius 3 is 2.53 bits per heavy atom. The topological polar surface area (TPSA) is 46.2 Å². The Kier molecular flexibility index (Phi) is 4.99. The Labute approximate surface area is 122 Å². The number of nitrogens with one attached hydrogen (secondary N) is 1. The summed E-state index contributed by atoms with van der Waals surface area (Å²) in [6, 6.07) is 10.8. The highest BCUT2D eigenvalue weighted by atomic mass is 35.5. The number of halogens is 1. The van der Waals surface area contributed by atoms with Gasteiger partial charge in [-0.3, -0.25) is 0 Å². The van der Waals surface area contributed by atoms with E-state index in [1.807, 2.05) is 17.5 Å². The van der Waals surface area contributed by atoms with Gasteiger partial charge in [-0.2, -0.15) is 0 Å². The first-order chi connectivity index (χ1) is 9.05. The van der Waals surface area contributed by atoms with Crippen LogP contribution in [0.4, 0.5) is 0 Å². The highest BCUT2D eigenvalue weighted by Gasteiger charge is 2.10. The Bertz CT molecular complexity index is 607. The Balaban J connectivity index is 1.86. The normalized spacial score (nSPS) is 11.6. The van der Waals surface area contributed by atoms with Gasteiger partial charge in [-0.25, -0.2) is 13.1 Å². The lowest BCUT2D eigenvalue weighted by molar-refractivity contribution is 0.581. The SMILES string of the molecule is O=S(=O)(Cc1ccc(Cl)cc1)NCCc1cccs1. The van der Waals surface area contributed by atoms with Crippen LogP contribution in [0.1, 0.15) is 10.4 Å². The van der Waals surface area contributed by atoms with Crippen molar-refractivity contribution in [3.05, 3.63) is 57.2 Å². The average Bonchev–Trinajstić information content (AvgIpc) is 2.85. The van der Waals surface area contributed by atoms with Crippen LogP contribution < -0.4 is 4.72 Å². The van der Waals surface area contributed by atoms with Crippen LogP contribution in [0.3, 0.4) is 0 Å². The van der Waals surface area contributed by atoms with Crippen molar-refractivity contribution in [3.8, 4) is 0 Å². The molecule has 19 heavy (non-hydrogen) atoms. The van der Waals surface area contributed by atoms with Crippen molar-refractivity contribution < 1.29 is 8.42 Å². The lowest BCUT2D eigenvalue weighted by Crippen LogP contribution is -2.27. The van der Waals surface area contributed by atoms with Gasteiger partial charge in [0.1, 0.15) is 0 Å². The first-order valence-corrected chi connectivity index (χ1v) is 8.70. The maximum absolute atomic E-state index is 11.9. The molecule has 0 amide bonds. The fourth-order valence-corrected chi connectivity index (χ4v) is 3.62. The van der Waals surface area contributed by atoms with Crippen LogP contribution in [0.25, 0.3) is 0 Å². The van der Waals surface area contributed by atoms with Crippen molar-refractivity contribution in [2.75, 3.05) is 6.54 Å². The number of thiophene rings is 1. The summed E-state index contributed by atoms with van der Waals surface area (Å²) in [6.45, 7) is 0.427. The first-order valence-electron chi connectivity index (χ1n) is 5.79. The molecule has 0 spiro atoms. The summed E-state index contributed by atoms with van der Waals surface area (Å²) >= 11 is 7.39. The molecule has 3 nitrogen and oxygen atoms in total. The molecule has 0 bridgehead atoms. The summed E-state index contributed by atoms with van der Waals surface area (Å²) in [5.41, 5.74) is 0.730. The molecule has 0 aliphatic rings. The third-order valence-corrected chi connectivity index (χ3v) is 5.09. The monoisotopic (exact) mass is 315 g/mol. The van der Waals surface area contributed by atoms with E-state index < -0.39 is 10.0 Å². The number of benzene rings is 1. The van der Waals surface area contributed by atoms with E-state index in [4.69, 9.17) is 11.6 Å². The van der Waals surface area contributed by atoms with Gasteiger partial charge in [-0.05, 0) is 35.6 Å². The Morgan fingerprint density at radius 2 is 1.89 bits per heavy atom. The van der Waals surface area contributed by atoms with Crippen LogP contribution in [0.15, 0.2) is 41.8 Å². The molecule has 0 saturated heterocycles. The van der Waals surface area contributed by atoms with Crippen LogP contribution in [0, 0.1) is 0 Å². The van der Waals surface area contributed by atoms with Gasteiger partial charge in [0.05, 0.1) is 5.75 Å². The second-order valence-electron chi connectivity index (χ2n) is 4.11. The molecular weight excluding hydrogens is 302 g/mol. The molecule has 1 N–H and O–H groups in total. The second kappa shape index (κ2) is 6.52. The zero-order valence-electron chi connectivity index (χ0n) is 10.2. The molecule has 0 aliphatic heterocycles. The van der Waals surface area contributed by atoms with Gasteiger partial charge in [0.15, 0.2) is 0 Å². The predicted molar refractivity (Wildman–Crippen MR) is 80.1 cm³/mol. The number of rotatable bonds is 6. The maximum Gasteiger partial charge on any atom is 0.215 e. The minimum Gasteiger partial charge on any atom is -0.215 e. The molecule has 0 aliphatic carbocycles. The van der Waals surface area contributed by atoms with Gasteiger partial charge in [0.25, 0.3) is 0 Å². The smallest absolute Gasteiger partial charge is 0.215 e. The van der Waals surface area contributed by atoms with Gasteiger partial charge in [0.2, 0.25) is 10.0 Å². The standard InChI is InChI=1S/C13H14ClNO2S2/c14-12-5-3-11(4-6-12)10-19(16,17)15-8-7-13-2-1-9-18-13/h1-6,9,15H,7-8,10H2. The molecule has 102 valence electrons. The number of sulfonamides is 1. The van der Waals surface area contributed by atoms with E-state index in [0.717, 1.165) is 12.0 Å². The summed E-state index contributed by atoms with van der Waals surface area (Å²) in [7, 11) is -3.29. The minimum atomic E-state index is -3.29. The molecular formula is C13H14ClNO2S2. The molecule has 2 aromatic rings. The van der Waals surface area contributed by atoms with Gasteiger partial charge in [-0.1, -0.05) is 29.8 Å². The molecule has 0 atom stereocenters. The van der Waals surface area contributed by atoms with Gasteiger partial charge < -0.3 is 0 Å². The molecule has 1 aromatic heterocycles. The van der Waals surface area contributed by atoms with Gasteiger partial charge in [0, 0.05) is 16.4 Å². The summed E-state index contributed by atoms with van der Waals surface area (Å²) in [5, 5.41) is 2.59. The Hall–Kier alpha value is -0.880. The third-order valence-electron chi connectivity index (χ3n) is 2.54. The van der Waals surface area contributed by atoms with E-state index in [9.17, 15) is 8.42 Å². The van der Waals surface area contributed by atoms with Crippen molar-refractivity contribution in [1.29, 1.82) is 0 Å². The molecule has 6 heteroatoms. The van der Waals surface area contributed by atoms with Crippen molar-refractivity contribution in [3.63, 3.8) is 0 Å². The first kappa shape index (κ1) is 14.5. The lowest BCUT2D eigenvalue weighted by atomic mass is 10.2. The fraction of sp³-hybridized carbons (Fsp3) is 0.231. The predicted octanol–water partition coefficient (Wildman–Crippen LogP) is 3.06. The highest BCUT2D eigenvalue weighted by Crippen LogP contribution is 2.12. The Morgan fingerprint density at radius 1 is 1.16 bits per heavy atom. The van der Waals surface area contributed by atoms with Crippen LogP contribution in [-0.2, 0) is 22.2 Å². The third kappa shape index (κ3) is 4.95. The van der Waals surface area contributed by atoms with E-state index in [1.54, 1.807) is 35.6 Å². The molecule has 1 heterocycles. The van der Waals surface area contributed by atoms with Crippen LogP contribution in [-0.4, -0.2) is 15.0 Å². The molecule has 2 rings (SSSR count). The van der Waals surface area contributed by atoms with Crippen LogP contribution in [0.5, 0.6) is 0 Å². The molecule has 0 radical (unpaired) electrons. The largest absolute Gasteiger partial charge is 0.215 e. The summed E-state index contributed by atoms with van der Waals surface area (Å²) in [5.74, 6) is -0.0192. The van der Waals surface area contributed by atoms with Gasteiger partial charge >= 0.3 is 0 Å². The van der Waals surface area contributed by atoms with Crippen molar-refractivity contribution in [1.82, 2.24) is 4.72 Å².